The number of carbonyl (C=O) groups excluding carboxylic acids is 1. The van der Waals surface area contributed by atoms with Crippen LogP contribution in [0.3, 0.4) is 0 Å². The predicted molar refractivity (Wildman–Crippen MR) is 66.5 cm³/mol. The van der Waals surface area contributed by atoms with Crippen LogP contribution in [0, 0.1) is 5.92 Å². The Kier molecular flexibility index (Phi) is 3.81. The first kappa shape index (κ1) is 11.7. The van der Waals surface area contributed by atoms with E-state index in [0.29, 0.717) is 12.5 Å². The summed E-state index contributed by atoms with van der Waals surface area (Å²) in [6.45, 7) is 5.63. The standard InChI is InChI=1S/C14H17NO2/c1-2-6-13-9-15(10-13)14(16)17-11-12-7-4-3-5-8-12/h2-5,7-8,13H,1,6,9-11H2. The first-order valence-corrected chi connectivity index (χ1v) is 5.86. The molecule has 1 fully saturated rings. The van der Waals surface area contributed by atoms with Gasteiger partial charge in [0, 0.05) is 13.1 Å². The van der Waals surface area contributed by atoms with Crippen LogP contribution in [0.2, 0.25) is 0 Å². The molecular formula is C14H17NO2. The van der Waals surface area contributed by atoms with Gasteiger partial charge < -0.3 is 9.64 Å². The summed E-state index contributed by atoms with van der Waals surface area (Å²) in [4.78, 5) is 13.4. The van der Waals surface area contributed by atoms with Crippen molar-refractivity contribution in [3.63, 3.8) is 0 Å². The van der Waals surface area contributed by atoms with E-state index < -0.39 is 0 Å². The van der Waals surface area contributed by atoms with Crippen LogP contribution in [-0.2, 0) is 11.3 Å². The van der Waals surface area contributed by atoms with Crippen molar-refractivity contribution in [3.8, 4) is 0 Å². The minimum atomic E-state index is -0.214. The summed E-state index contributed by atoms with van der Waals surface area (Å²) in [6.07, 6.45) is 2.66. The Morgan fingerprint density at radius 1 is 1.41 bits per heavy atom. The van der Waals surface area contributed by atoms with Gasteiger partial charge in [0.2, 0.25) is 0 Å². The van der Waals surface area contributed by atoms with Gasteiger partial charge in [-0.15, -0.1) is 6.58 Å². The quantitative estimate of drug-likeness (QED) is 0.746. The number of nitrogens with zero attached hydrogens (tertiary/aromatic N) is 1. The highest BCUT2D eigenvalue weighted by atomic mass is 16.6. The summed E-state index contributed by atoms with van der Waals surface area (Å²) in [5.74, 6) is 0.566. The van der Waals surface area contributed by atoms with Crippen molar-refractivity contribution in [2.75, 3.05) is 13.1 Å². The van der Waals surface area contributed by atoms with E-state index in [9.17, 15) is 4.79 Å². The van der Waals surface area contributed by atoms with Crippen LogP contribution < -0.4 is 0 Å². The molecule has 0 N–H and O–H groups in total. The average molecular weight is 231 g/mol. The third-order valence-corrected chi connectivity index (χ3v) is 2.92. The summed E-state index contributed by atoms with van der Waals surface area (Å²) in [5, 5.41) is 0. The number of amides is 1. The summed E-state index contributed by atoms with van der Waals surface area (Å²) >= 11 is 0. The number of carbonyl (C=O) groups is 1. The van der Waals surface area contributed by atoms with Gasteiger partial charge in [-0.25, -0.2) is 4.79 Å². The molecule has 1 aliphatic rings. The number of allylic oxidation sites excluding steroid dienone is 1. The molecule has 0 aliphatic carbocycles. The molecule has 0 aromatic heterocycles. The number of hydrogen-bond donors (Lipinski definition) is 0. The maximum atomic E-state index is 11.6. The second-order valence-corrected chi connectivity index (χ2v) is 4.34. The molecule has 0 bridgehead atoms. The van der Waals surface area contributed by atoms with Crippen LogP contribution in [0.1, 0.15) is 12.0 Å². The van der Waals surface area contributed by atoms with Crippen molar-refractivity contribution in [1.29, 1.82) is 0 Å². The summed E-state index contributed by atoms with van der Waals surface area (Å²) in [7, 11) is 0. The maximum absolute atomic E-state index is 11.6. The Balaban J connectivity index is 1.71. The zero-order valence-electron chi connectivity index (χ0n) is 9.84. The third kappa shape index (κ3) is 3.09. The van der Waals surface area contributed by atoms with Gasteiger partial charge in [-0.05, 0) is 17.9 Å². The van der Waals surface area contributed by atoms with Gasteiger partial charge in [-0.2, -0.15) is 0 Å². The summed E-state index contributed by atoms with van der Waals surface area (Å²) in [5.41, 5.74) is 1.02. The lowest BCUT2D eigenvalue weighted by atomic mass is 9.97. The molecule has 0 spiro atoms. The van der Waals surface area contributed by atoms with Crippen LogP contribution in [-0.4, -0.2) is 24.1 Å². The highest BCUT2D eigenvalue weighted by molar-refractivity contribution is 5.68. The monoisotopic (exact) mass is 231 g/mol. The molecule has 3 nitrogen and oxygen atoms in total. The van der Waals surface area contributed by atoms with E-state index in [-0.39, 0.29) is 6.09 Å². The van der Waals surface area contributed by atoms with E-state index in [1.165, 1.54) is 0 Å². The lowest BCUT2D eigenvalue weighted by Gasteiger charge is -2.37. The van der Waals surface area contributed by atoms with E-state index in [1.54, 1.807) is 4.90 Å². The van der Waals surface area contributed by atoms with E-state index in [0.717, 1.165) is 25.1 Å². The van der Waals surface area contributed by atoms with Crippen LogP contribution in [0.25, 0.3) is 0 Å². The molecule has 17 heavy (non-hydrogen) atoms. The fraction of sp³-hybridized carbons (Fsp3) is 0.357. The topological polar surface area (TPSA) is 29.5 Å². The smallest absolute Gasteiger partial charge is 0.410 e. The first-order chi connectivity index (χ1) is 8.29. The van der Waals surface area contributed by atoms with Crippen molar-refractivity contribution in [1.82, 2.24) is 4.90 Å². The fourth-order valence-electron chi connectivity index (χ4n) is 1.91. The van der Waals surface area contributed by atoms with Crippen molar-refractivity contribution in [3.05, 3.63) is 48.6 Å². The lowest BCUT2D eigenvalue weighted by molar-refractivity contribution is 0.0503. The van der Waals surface area contributed by atoms with Crippen molar-refractivity contribution < 1.29 is 9.53 Å². The molecule has 1 heterocycles. The first-order valence-electron chi connectivity index (χ1n) is 5.86. The van der Waals surface area contributed by atoms with Crippen LogP contribution in [0.5, 0.6) is 0 Å². The molecule has 1 aromatic carbocycles. The number of ether oxygens (including phenoxy) is 1. The predicted octanol–water partition coefficient (Wildman–Crippen LogP) is 2.83. The molecule has 1 aromatic rings. The average Bonchev–Trinajstić information content (AvgIpc) is 2.31. The highest BCUT2D eigenvalue weighted by Gasteiger charge is 2.30. The Morgan fingerprint density at radius 3 is 2.76 bits per heavy atom. The van der Waals surface area contributed by atoms with E-state index >= 15 is 0 Å². The minimum absolute atomic E-state index is 0.214. The van der Waals surface area contributed by atoms with Crippen LogP contribution in [0.4, 0.5) is 4.79 Å². The van der Waals surface area contributed by atoms with E-state index in [2.05, 4.69) is 6.58 Å². The molecule has 2 rings (SSSR count). The molecule has 0 unspecified atom stereocenters. The van der Waals surface area contributed by atoms with Gasteiger partial charge in [0.05, 0.1) is 0 Å². The molecule has 0 atom stereocenters. The largest absolute Gasteiger partial charge is 0.445 e. The van der Waals surface area contributed by atoms with Crippen molar-refractivity contribution in [2.24, 2.45) is 5.92 Å². The molecule has 0 radical (unpaired) electrons. The van der Waals surface area contributed by atoms with Crippen LogP contribution >= 0.6 is 0 Å². The molecule has 1 saturated heterocycles. The minimum Gasteiger partial charge on any atom is -0.445 e. The van der Waals surface area contributed by atoms with Gasteiger partial charge >= 0.3 is 6.09 Å². The zero-order chi connectivity index (χ0) is 12.1. The number of hydrogen-bond acceptors (Lipinski definition) is 2. The second-order valence-electron chi connectivity index (χ2n) is 4.34. The third-order valence-electron chi connectivity index (χ3n) is 2.92. The molecular weight excluding hydrogens is 214 g/mol. The number of likely N-dealkylation sites (tertiary alicyclic amines) is 1. The Labute approximate surface area is 102 Å². The maximum Gasteiger partial charge on any atom is 0.410 e. The Hall–Kier alpha value is -1.77. The van der Waals surface area contributed by atoms with Crippen molar-refractivity contribution in [2.45, 2.75) is 13.0 Å². The molecule has 0 saturated carbocycles. The van der Waals surface area contributed by atoms with Gasteiger partial charge in [-0.3, -0.25) is 0 Å². The lowest BCUT2D eigenvalue weighted by Crippen LogP contribution is -2.49. The summed E-state index contributed by atoms with van der Waals surface area (Å²) in [6, 6.07) is 9.72. The van der Waals surface area contributed by atoms with Crippen LogP contribution in [0.15, 0.2) is 43.0 Å². The number of benzene rings is 1. The van der Waals surface area contributed by atoms with Gasteiger partial charge in [0.25, 0.3) is 0 Å². The van der Waals surface area contributed by atoms with Gasteiger partial charge in [-0.1, -0.05) is 36.4 Å². The number of rotatable bonds is 4. The van der Waals surface area contributed by atoms with Gasteiger partial charge in [0.1, 0.15) is 6.61 Å². The van der Waals surface area contributed by atoms with E-state index in [4.69, 9.17) is 4.74 Å². The molecule has 1 aliphatic heterocycles. The SMILES string of the molecule is C=CCC1CN(C(=O)OCc2ccccc2)C1. The normalized spacial score (nSPS) is 15.2. The van der Waals surface area contributed by atoms with E-state index in [1.807, 2.05) is 36.4 Å². The Bertz CT molecular complexity index is 382. The molecule has 90 valence electrons. The summed E-state index contributed by atoms with van der Waals surface area (Å²) < 4.78 is 5.22. The molecule has 3 heteroatoms. The fourth-order valence-corrected chi connectivity index (χ4v) is 1.91. The molecule has 1 amide bonds. The van der Waals surface area contributed by atoms with Crippen molar-refractivity contribution >= 4 is 6.09 Å². The Morgan fingerprint density at radius 2 is 2.12 bits per heavy atom. The highest BCUT2D eigenvalue weighted by Crippen LogP contribution is 2.20. The second kappa shape index (κ2) is 5.53. The van der Waals surface area contributed by atoms with Gasteiger partial charge in [0.15, 0.2) is 0 Å². The zero-order valence-corrected chi connectivity index (χ0v) is 9.84.